The molecular weight excluding hydrogens is 626 g/mol. The molecule has 4 heterocycles. The number of aryl methyl sites for hydroxylation is 1. The van der Waals surface area contributed by atoms with Gasteiger partial charge in [-0.3, -0.25) is 14.5 Å². The largest absolute Gasteiger partial charge is 0.355 e. The zero-order valence-corrected chi connectivity index (χ0v) is 27.6. The van der Waals surface area contributed by atoms with Crippen molar-refractivity contribution >= 4 is 50.1 Å². The molecule has 1 aliphatic heterocycles. The number of pyridine rings is 2. The van der Waals surface area contributed by atoms with Gasteiger partial charge in [0.25, 0.3) is 0 Å². The van der Waals surface area contributed by atoms with Crippen LogP contribution in [-0.4, -0.2) is 70.2 Å². The Bertz CT molecular complexity index is 1990. The van der Waals surface area contributed by atoms with Crippen LogP contribution in [0.15, 0.2) is 60.0 Å². The third-order valence-electron chi connectivity index (χ3n) is 7.92. The predicted molar refractivity (Wildman–Crippen MR) is 186 cm³/mol. The first kappa shape index (κ1) is 34.6. The van der Waals surface area contributed by atoms with Crippen LogP contribution in [-0.2, 0) is 14.8 Å². The van der Waals surface area contributed by atoms with Crippen LogP contribution in [0.25, 0.3) is 28.0 Å². The number of piperazine rings is 1. The van der Waals surface area contributed by atoms with Crippen molar-refractivity contribution in [2.75, 3.05) is 29.0 Å². The minimum absolute atomic E-state index is 0. The number of carbonyl (C=O) groups is 1. The van der Waals surface area contributed by atoms with Gasteiger partial charge in [0.05, 0.1) is 39.4 Å². The average molecular weight is 666 g/mol. The normalized spacial score (nSPS) is 16.8. The average Bonchev–Trinajstić information content (AvgIpc) is 2.97. The Morgan fingerprint density at radius 1 is 1.13 bits per heavy atom. The number of rotatable bonds is 7. The van der Waals surface area contributed by atoms with E-state index in [1.807, 2.05) is 45.6 Å². The van der Waals surface area contributed by atoms with E-state index in [1.54, 1.807) is 41.4 Å². The second kappa shape index (κ2) is 13.2. The highest BCUT2D eigenvalue weighted by atomic mass is 35.5. The lowest BCUT2D eigenvalue weighted by molar-refractivity contribution is -0.128. The van der Waals surface area contributed by atoms with Crippen molar-refractivity contribution in [2.45, 2.75) is 60.0 Å². The number of anilines is 2. The number of amides is 1. The number of para-hydroxylation sites is 1. The molecule has 0 radical (unpaired) electrons. The van der Waals surface area contributed by atoms with E-state index in [2.05, 4.69) is 21.3 Å². The van der Waals surface area contributed by atoms with Crippen molar-refractivity contribution < 1.29 is 13.2 Å². The van der Waals surface area contributed by atoms with E-state index in [9.17, 15) is 18.0 Å². The molecule has 13 heteroatoms. The van der Waals surface area contributed by atoms with Crippen LogP contribution in [0, 0.1) is 6.92 Å². The molecule has 0 saturated carbocycles. The fourth-order valence-electron chi connectivity index (χ4n) is 5.82. The van der Waals surface area contributed by atoms with Gasteiger partial charge in [0.2, 0.25) is 15.9 Å². The van der Waals surface area contributed by atoms with E-state index < -0.39 is 15.7 Å². The van der Waals surface area contributed by atoms with Gasteiger partial charge >= 0.3 is 5.69 Å². The maximum atomic E-state index is 14.2. The highest BCUT2D eigenvalue weighted by Crippen LogP contribution is 2.38. The van der Waals surface area contributed by atoms with Crippen molar-refractivity contribution in [3.63, 3.8) is 0 Å². The van der Waals surface area contributed by atoms with Crippen LogP contribution < -0.4 is 15.3 Å². The van der Waals surface area contributed by atoms with Crippen LogP contribution in [0.5, 0.6) is 0 Å². The Hall–Kier alpha value is -4.29. The van der Waals surface area contributed by atoms with Crippen LogP contribution in [0.3, 0.4) is 0 Å². The maximum absolute atomic E-state index is 14.2. The van der Waals surface area contributed by atoms with Gasteiger partial charge in [0.15, 0.2) is 5.65 Å². The predicted octanol–water partition coefficient (Wildman–Crippen LogP) is 5.55. The number of aromatic nitrogens is 4. The summed E-state index contributed by atoms with van der Waals surface area (Å²) in [5, 5.41) is 0.768. The third kappa shape index (κ3) is 6.50. The van der Waals surface area contributed by atoms with Crippen molar-refractivity contribution in [2.24, 2.45) is 0 Å². The van der Waals surface area contributed by atoms with Crippen LogP contribution in [0.4, 0.5) is 11.5 Å². The molecule has 1 saturated heterocycles. The van der Waals surface area contributed by atoms with Gasteiger partial charge in [0.1, 0.15) is 5.82 Å². The molecule has 2 atom stereocenters. The zero-order chi connectivity index (χ0) is 32.8. The number of halogens is 1. The molecule has 0 aliphatic carbocycles. The summed E-state index contributed by atoms with van der Waals surface area (Å²) in [4.78, 5) is 44.7. The summed E-state index contributed by atoms with van der Waals surface area (Å²) in [5.74, 6) is 0.211. The number of hydrogen-bond donors (Lipinski definition) is 1. The molecule has 0 bridgehead atoms. The Balaban J connectivity index is 0.00000480. The summed E-state index contributed by atoms with van der Waals surface area (Å²) in [6.45, 7) is 14.2. The number of nitrogens with one attached hydrogen (secondary N) is 1. The first-order valence-corrected chi connectivity index (χ1v) is 16.8. The first-order valence-electron chi connectivity index (χ1n) is 14.6. The van der Waals surface area contributed by atoms with Gasteiger partial charge in [-0.25, -0.2) is 22.8 Å². The molecule has 1 amide bonds. The number of benzene rings is 1. The van der Waals surface area contributed by atoms with E-state index in [1.165, 1.54) is 10.6 Å². The molecule has 1 N–H and O–H groups in total. The molecule has 1 fully saturated rings. The monoisotopic (exact) mass is 665 g/mol. The van der Waals surface area contributed by atoms with Gasteiger partial charge in [0, 0.05) is 36.9 Å². The highest BCUT2D eigenvalue weighted by Gasteiger charge is 2.34. The van der Waals surface area contributed by atoms with E-state index >= 15 is 0 Å². The molecule has 4 aromatic rings. The van der Waals surface area contributed by atoms with Crippen molar-refractivity contribution in [3.8, 4) is 16.9 Å². The number of nitrogens with zero attached hydrogens (tertiary/aromatic N) is 6. The quantitative estimate of drug-likeness (QED) is 0.255. The van der Waals surface area contributed by atoms with Crippen LogP contribution in [0.2, 0.25) is 5.02 Å². The maximum Gasteiger partial charge on any atom is 0.355 e. The van der Waals surface area contributed by atoms with Gasteiger partial charge < -0.3 is 9.80 Å². The standard InChI is InChI=1S/C32H36ClN7O4S.CH4/c1-8-26(41)38-16-21(6)39(17-20(38)5)30-23-15-24(33)28(22-11-9-10-12-25(22)37-45(7,43)44)35-31(23)40(32(42)36-30)29-19(4)13-14-34-27(29)18(2)3;/h8-15,18,20-21,37H,1,16-17H2,2-7H3;1H4/t20-,21+;/m1./s1. The van der Waals surface area contributed by atoms with Crippen LogP contribution >= 0.6 is 11.6 Å². The Kier molecular flexibility index (Phi) is 9.93. The SMILES string of the molecule is C.C=CC(=O)N1C[C@H](C)N(c2nc(=O)n(-c3c(C)ccnc3C(C)C)c3nc(-c4ccccc4NS(C)(=O)=O)c(Cl)cc23)C[C@H]1C. The lowest BCUT2D eigenvalue weighted by atomic mass is 10.0. The molecule has 0 spiro atoms. The fourth-order valence-corrected chi connectivity index (χ4v) is 6.65. The number of carbonyl (C=O) groups excluding carboxylic acids is 1. The first-order chi connectivity index (χ1) is 21.2. The summed E-state index contributed by atoms with van der Waals surface area (Å²) in [5.41, 5.74) is 2.85. The Morgan fingerprint density at radius 3 is 2.48 bits per heavy atom. The summed E-state index contributed by atoms with van der Waals surface area (Å²) in [6, 6.07) is 9.97. The summed E-state index contributed by atoms with van der Waals surface area (Å²) in [7, 11) is -3.62. The van der Waals surface area contributed by atoms with Crippen molar-refractivity contribution in [1.82, 2.24) is 24.4 Å². The molecule has 1 aromatic carbocycles. The smallest absolute Gasteiger partial charge is 0.349 e. The second-order valence-corrected chi connectivity index (χ2v) is 13.9. The van der Waals surface area contributed by atoms with Crippen molar-refractivity contribution in [3.05, 3.63) is 82.0 Å². The molecule has 1 aliphatic rings. The lowest BCUT2D eigenvalue weighted by Gasteiger charge is -2.44. The Morgan fingerprint density at radius 2 is 1.83 bits per heavy atom. The van der Waals surface area contributed by atoms with E-state index in [4.69, 9.17) is 16.6 Å². The fraction of sp³-hybridized carbons (Fsp3) is 0.364. The van der Waals surface area contributed by atoms with Crippen LogP contribution in [0.1, 0.15) is 52.3 Å². The number of hydrogen-bond acceptors (Lipinski definition) is 8. The number of fused-ring (bicyclic) bond motifs is 1. The molecule has 244 valence electrons. The molecule has 3 aromatic heterocycles. The van der Waals surface area contributed by atoms with E-state index in [-0.39, 0.29) is 42.1 Å². The van der Waals surface area contributed by atoms with Crippen molar-refractivity contribution in [1.29, 1.82) is 0 Å². The second-order valence-electron chi connectivity index (χ2n) is 11.7. The van der Waals surface area contributed by atoms with Gasteiger partial charge in [-0.2, -0.15) is 4.98 Å². The third-order valence-corrected chi connectivity index (χ3v) is 8.80. The highest BCUT2D eigenvalue weighted by molar-refractivity contribution is 7.92. The summed E-state index contributed by atoms with van der Waals surface area (Å²) < 4.78 is 28.4. The molecule has 11 nitrogen and oxygen atoms in total. The minimum Gasteiger partial charge on any atom is -0.349 e. The van der Waals surface area contributed by atoms with Gasteiger partial charge in [-0.1, -0.05) is 57.7 Å². The number of sulfonamides is 1. The van der Waals surface area contributed by atoms with Gasteiger partial charge in [-0.05, 0) is 56.5 Å². The molecule has 46 heavy (non-hydrogen) atoms. The minimum atomic E-state index is -3.62. The Labute approximate surface area is 275 Å². The summed E-state index contributed by atoms with van der Waals surface area (Å²) >= 11 is 6.94. The summed E-state index contributed by atoms with van der Waals surface area (Å²) in [6.07, 6.45) is 4.08. The zero-order valence-electron chi connectivity index (χ0n) is 26.1. The van der Waals surface area contributed by atoms with Gasteiger partial charge in [-0.15, -0.1) is 0 Å². The molecule has 0 unspecified atom stereocenters. The molecular formula is C33H40ClN7O4S. The van der Waals surface area contributed by atoms with E-state index in [0.717, 1.165) is 11.8 Å². The molecule has 5 rings (SSSR count). The topological polar surface area (TPSA) is 130 Å². The van der Waals surface area contributed by atoms with E-state index in [0.29, 0.717) is 52.6 Å². The lowest BCUT2D eigenvalue weighted by Crippen LogP contribution is -2.58.